The molecule has 2 aromatic rings. The van der Waals surface area contributed by atoms with Gasteiger partial charge in [0.25, 0.3) is 0 Å². The molecular formula is C17H20Cl4N4O4S4. The third-order valence-electron chi connectivity index (χ3n) is 4.91. The van der Waals surface area contributed by atoms with Crippen molar-refractivity contribution in [3.8, 4) is 0 Å². The van der Waals surface area contributed by atoms with Gasteiger partial charge in [-0.05, 0) is 35.4 Å². The van der Waals surface area contributed by atoms with Crippen LogP contribution in [0, 0.1) is 0 Å². The van der Waals surface area contributed by atoms with E-state index in [1.54, 1.807) is 35.7 Å². The highest BCUT2D eigenvalue weighted by Gasteiger charge is 2.28. The summed E-state index contributed by atoms with van der Waals surface area (Å²) in [5, 5.41) is 10.8. The van der Waals surface area contributed by atoms with Crippen molar-refractivity contribution in [3.63, 3.8) is 0 Å². The minimum atomic E-state index is -3.91. The van der Waals surface area contributed by atoms with Crippen molar-refractivity contribution in [3.05, 3.63) is 45.4 Å². The maximum Gasteiger partial charge on any atom is 0.239 e. The zero-order valence-corrected chi connectivity index (χ0v) is 23.1. The quantitative estimate of drug-likeness (QED) is 0.536. The molecule has 0 aromatic heterocycles. The SMILES string of the molecule is Cl.Cl.NS(=O)(=O)c1ccc2c(c1Cl)CN(CN1CSc3ccc(S(N)(=O)=O)c(Cl)c3C1)CS2. The van der Waals surface area contributed by atoms with Crippen molar-refractivity contribution < 1.29 is 16.8 Å². The summed E-state index contributed by atoms with van der Waals surface area (Å²) in [6, 6.07) is 6.32. The van der Waals surface area contributed by atoms with Crippen molar-refractivity contribution in [2.45, 2.75) is 32.7 Å². The Morgan fingerprint density at radius 1 is 0.758 bits per heavy atom. The lowest BCUT2D eigenvalue weighted by molar-refractivity contribution is 0.152. The van der Waals surface area contributed by atoms with E-state index in [-0.39, 0.29) is 44.7 Å². The number of hydrogen-bond donors (Lipinski definition) is 2. The predicted octanol–water partition coefficient (Wildman–Crippen LogP) is 3.52. The fraction of sp³-hybridized carbons (Fsp3) is 0.294. The Labute approximate surface area is 223 Å². The Balaban J connectivity index is 0.00000193. The number of sulfonamides is 2. The molecule has 0 saturated carbocycles. The van der Waals surface area contributed by atoms with Crippen molar-refractivity contribution in [1.82, 2.24) is 9.80 Å². The van der Waals surface area contributed by atoms with Gasteiger partial charge in [-0.1, -0.05) is 23.2 Å². The van der Waals surface area contributed by atoms with Crippen LogP contribution in [0.3, 0.4) is 0 Å². The van der Waals surface area contributed by atoms with E-state index in [9.17, 15) is 16.8 Å². The molecule has 2 heterocycles. The fourth-order valence-electron chi connectivity index (χ4n) is 3.49. The van der Waals surface area contributed by atoms with Crippen molar-refractivity contribution in [2.75, 3.05) is 18.4 Å². The highest BCUT2D eigenvalue weighted by atomic mass is 35.5. The van der Waals surface area contributed by atoms with Crippen LogP contribution in [0.5, 0.6) is 0 Å². The molecule has 0 saturated heterocycles. The topological polar surface area (TPSA) is 127 Å². The molecule has 0 fully saturated rings. The lowest BCUT2D eigenvalue weighted by atomic mass is 10.2. The number of halogens is 4. The molecule has 0 bridgehead atoms. The summed E-state index contributed by atoms with van der Waals surface area (Å²) in [6.45, 7) is 1.48. The molecule has 2 aliphatic rings. The molecule has 0 radical (unpaired) electrons. The average molecular weight is 614 g/mol. The zero-order valence-electron chi connectivity index (χ0n) is 16.7. The second-order valence-corrected chi connectivity index (χ2v) is 12.9. The third-order valence-corrected chi connectivity index (χ3v) is 10.3. The van der Waals surface area contributed by atoms with Crippen LogP contribution < -0.4 is 10.3 Å². The fourth-order valence-corrected chi connectivity index (χ4v) is 7.96. The first kappa shape index (κ1) is 29.3. The van der Waals surface area contributed by atoms with Gasteiger partial charge in [-0.3, -0.25) is 9.80 Å². The molecule has 4 rings (SSSR count). The largest absolute Gasteiger partial charge is 0.276 e. The van der Waals surface area contributed by atoms with Gasteiger partial charge in [0.2, 0.25) is 20.0 Å². The van der Waals surface area contributed by atoms with E-state index in [0.29, 0.717) is 31.5 Å². The van der Waals surface area contributed by atoms with Gasteiger partial charge in [-0.15, -0.1) is 48.3 Å². The summed E-state index contributed by atoms with van der Waals surface area (Å²) in [4.78, 5) is 5.92. The first-order valence-corrected chi connectivity index (χ1v) is 14.7. The molecule has 8 nitrogen and oxygen atoms in total. The number of hydrogen-bond acceptors (Lipinski definition) is 8. The van der Waals surface area contributed by atoms with E-state index in [1.807, 2.05) is 0 Å². The maximum atomic E-state index is 11.8. The molecule has 0 atom stereocenters. The van der Waals surface area contributed by atoms with Crippen LogP contribution in [-0.4, -0.2) is 45.1 Å². The summed E-state index contributed by atoms with van der Waals surface area (Å²) in [5.74, 6) is 1.38. The molecule has 2 aliphatic heterocycles. The Morgan fingerprint density at radius 3 is 1.45 bits per heavy atom. The van der Waals surface area contributed by atoms with Crippen LogP contribution in [0.15, 0.2) is 43.8 Å². The van der Waals surface area contributed by atoms with E-state index in [2.05, 4.69) is 9.80 Å². The van der Waals surface area contributed by atoms with Crippen LogP contribution in [0.4, 0.5) is 0 Å². The van der Waals surface area contributed by atoms with E-state index in [0.717, 1.165) is 20.9 Å². The summed E-state index contributed by atoms with van der Waals surface area (Å²) in [6.07, 6.45) is 0. The highest BCUT2D eigenvalue weighted by Crippen LogP contribution is 2.40. The smallest absolute Gasteiger partial charge is 0.239 e. The number of nitrogens with two attached hydrogens (primary N) is 2. The zero-order chi connectivity index (χ0) is 22.6. The van der Waals surface area contributed by atoms with Crippen molar-refractivity contribution in [1.29, 1.82) is 0 Å². The number of primary sulfonamides is 2. The molecular weight excluding hydrogens is 594 g/mol. The first-order chi connectivity index (χ1) is 14.4. The summed E-state index contributed by atoms with van der Waals surface area (Å²) >= 11 is 15.9. The predicted molar refractivity (Wildman–Crippen MR) is 138 cm³/mol. The number of thioether (sulfide) groups is 2. The van der Waals surface area contributed by atoms with Gasteiger partial charge in [0.15, 0.2) is 0 Å². The third kappa shape index (κ3) is 6.25. The van der Waals surface area contributed by atoms with Gasteiger partial charge in [-0.2, -0.15) is 0 Å². The molecule has 16 heteroatoms. The van der Waals surface area contributed by atoms with Gasteiger partial charge < -0.3 is 0 Å². The number of nitrogens with zero attached hydrogens (tertiary/aromatic N) is 2. The van der Waals surface area contributed by atoms with Gasteiger partial charge in [0, 0.05) is 22.9 Å². The van der Waals surface area contributed by atoms with Crippen molar-refractivity contribution >= 4 is 91.6 Å². The van der Waals surface area contributed by atoms with Crippen LogP contribution in [0.2, 0.25) is 10.0 Å². The Morgan fingerprint density at radius 2 is 1.12 bits per heavy atom. The lowest BCUT2D eigenvalue weighted by Gasteiger charge is -2.36. The molecule has 0 aliphatic carbocycles. The molecule has 4 N–H and O–H groups in total. The molecule has 33 heavy (non-hydrogen) atoms. The van der Waals surface area contributed by atoms with Gasteiger partial charge in [-0.25, -0.2) is 27.1 Å². The minimum absolute atomic E-state index is 0. The van der Waals surface area contributed by atoms with Crippen molar-refractivity contribution in [2.24, 2.45) is 10.3 Å². The van der Waals surface area contributed by atoms with E-state index in [4.69, 9.17) is 33.5 Å². The van der Waals surface area contributed by atoms with Crippen LogP contribution in [0.25, 0.3) is 0 Å². The maximum absolute atomic E-state index is 11.8. The lowest BCUT2D eigenvalue weighted by Crippen LogP contribution is -2.39. The van der Waals surface area contributed by atoms with Gasteiger partial charge in [0.1, 0.15) is 9.79 Å². The number of rotatable bonds is 4. The molecule has 0 unspecified atom stereocenters. The first-order valence-electron chi connectivity index (χ1n) is 8.84. The summed E-state index contributed by atoms with van der Waals surface area (Å²) in [5.41, 5.74) is 1.45. The van der Waals surface area contributed by atoms with Gasteiger partial charge >= 0.3 is 0 Å². The Hall–Kier alpha value is 0.0400. The van der Waals surface area contributed by atoms with E-state index in [1.165, 1.54) is 12.1 Å². The Bertz CT molecular complexity index is 1180. The summed E-state index contributed by atoms with van der Waals surface area (Å²) < 4.78 is 47.1. The molecule has 2 aromatic carbocycles. The number of benzene rings is 2. The van der Waals surface area contributed by atoms with Crippen LogP contribution >= 0.6 is 71.5 Å². The standard InChI is InChI=1S/C17H18Cl2N4O4S4.2ClH/c18-16-10-5-22(8-28-12(10)1-3-14(16)30(20,24)25)7-23-6-11-13(29-9-23)2-4-15(17(11)19)31(21,26)27;;/h1-4H,5-9H2,(H2,20,24,25)(H2,21,26,27);2*1H. The second kappa shape index (κ2) is 11.0. The second-order valence-electron chi connectivity index (χ2n) is 7.14. The monoisotopic (exact) mass is 612 g/mol. The summed E-state index contributed by atoms with van der Waals surface area (Å²) in [7, 11) is -7.83. The molecule has 184 valence electrons. The van der Waals surface area contributed by atoms with Crippen LogP contribution in [0.1, 0.15) is 11.1 Å². The minimum Gasteiger partial charge on any atom is -0.276 e. The number of fused-ring (bicyclic) bond motifs is 2. The highest BCUT2D eigenvalue weighted by molar-refractivity contribution is 7.99. The van der Waals surface area contributed by atoms with E-state index < -0.39 is 20.0 Å². The molecule has 0 spiro atoms. The van der Waals surface area contributed by atoms with Crippen LogP contribution in [-0.2, 0) is 33.1 Å². The Kier molecular flexibility index (Phi) is 9.73. The molecule has 0 amide bonds. The normalized spacial score (nSPS) is 16.8. The van der Waals surface area contributed by atoms with Gasteiger partial charge in [0.05, 0.1) is 28.5 Å². The van der Waals surface area contributed by atoms with E-state index >= 15 is 0 Å². The average Bonchev–Trinajstić information content (AvgIpc) is 2.67.